The number of amides is 4. The molecule has 4 amide bonds. The summed E-state index contributed by atoms with van der Waals surface area (Å²) in [5, 5.41) is 20.9. The molecule has 13 heteroatoms. The molecule has 2 rings (SSSR count). The minimum atomic E-state index is -1.38. The van der Waals surface area contributed by atoms with Crippen LogP contribution in [0.15, 0.2) is 24.3 Å². The predicted octanol–water partition coefficient (Wildman–Crippen LogP) is -0.891. The number of carboxylic acid groups (broad SMARTS) is 1. The summed E-state index contributed by atoms with van der Waals surface area (Å²) in [4.78, 5) is 48.2. The van der Waals surface area contributed by atoms with E-state index in [1.54, 1.807) is 24.3 Å². The fraction of sp³-hybridized carbons (Fsp3) is 0.312. The fourth-order valence-corrected chi connectivity index (χ4v) is 2.53. The van der Waals surface area contributed by atoms with E-state index in [4.69, 9.17) is 22.0 Å². The topological polar surface area (TPSA) is 192 Å². The Bertz CT molecular complexity index is 819. The predicted molar refractivity (Wildman–Crippen MR) is 108 cm³/mol. The molecular weight excluding hydrogens is 427 g/mol. The summed E-state index contributed by atoms with van der Waals surface area (Å²) in [6.45, 7) is 0.591. The van der Waals surface area contributed by atoms with Crippen LogP contribution in [0.3, 0.4) is 0 Å². The number of nitrogens with one attached hydrogen (secondary N) is 3. The maximum Gasteiger partial charge on any atom is 0.325 e. The van der Waals surface area contributed by atoms with Crippen LogP contribution < -0.4 is 22.1 Å². The fourth-order valence-electron chi connectivity index (χ4n) is 2.53. The molecule has 1 unspecified atom stereocenters. The Hall–Kier alpha value is -2.89. The van der Waals surface area contributed by atoms with Crippen molar-refractivity contribution in [3.05, 3.63) is 35.4 Å². The van der Waals surface area contributed by atoms with Crippen molar-refractivity contribution < 1.29 is 24.3 Å². The first kappa shape index (κ1) is 26.1. The van der Waals surface area contributed by atoms with E-state index >= 15 is 0 Å². The molecular formula is C16H22Cl2N6O5. The maximum atomic E-state index is 12.7. The number of amidine groups is 1. The van der Waals surface area contributed by atoms with Gasteiger partial charge in [-0.2, -0.15) is 0 Å². The normalized spacial score (nSPS) is 18.8. The highest BCUT2D eigenvalue weighted by atomic mass is 35.5. The SMILES string of the molecule is C[C@@]1(c2ccc(C(=N)N)cc2)NC(=O)N(CC(=O)NCC(N)C(=O)O)C1=O.Cl.Cl. The molecule has 1 saturated heterocycles. The number of nitrogens with zero attached hydrogens (tertiary/aromatic N) is 1. The number of aliphatic carboxylic acids is 1. The molecule has 0 bridgehead atoms. The van der Waals surface area contributed by atoms with Gasteiger partial charge in [-0.25, -0.2) is 4.79 Å². The molecule has 0 aromatic heterocycles. The molecule has 1 fully saturated rings. The van der Waals surface area contributed by atoms with Gasteiger partial charge in [0.15, 0.2) is 0 Å². The van der Waals surface area contributed by atoms with Gasteiger partial charge < -0.3 is 27.2 Å². The first-order valence-corrected chi connectivity index (χ1v) is 7.90. The number of urea groups is 1. The molecule has 160 valence electrons. The largest absolute Gasteiger partial charge is 0.480 e. The number of nitrogen functional groups attached to an aromatic ring is 1. The van der Waals surface area contributed by atoms with Crippen LogP contribution in [0, 0.1) is 5.41 Å². The van der Waals surface area contributed by atoms with Gasteiger partial charge in [0.2, 0.25) is 5.91 Å². The van der Waals surface area contributed by atoms with E-state index in [2.05, 4.69) is 10.6 Å². The van der Waals surface area contributed by atoms with Crippen LogP contribution in [0.25, 0.3) is 0 Å². The lowest BCUT2D eigenvalue weighted by molar-refractivity contribution is -0.139. The second-order valence-corrected chi connectivity index (χ2v) is 6.19. The molecule has 1 aliphatic heterocycles. The molecule has 1 aliphatic rings. The number of carbonyl (C=O) groups excluding carboxylic acids is 3. The third-order valence-corrected chi connectivity index (χ3v) is 4.19. The highest BCUT2D eigenvalue weighted by molar-refractivity contribution is 6.09. The molecule has 0 aliphatic carbocycles. The van der Waals surface area contributed by atoms with E-state index in [9.17, 15) is 19.2 Å². The van der Waals surface area contributed by atoms with Crippen molar-refractivity contribution in [2.75, 3.05) is 13.1 Å². The molecule has 0 saturated carbocycles. The van der Waals surface area contributed by atoms with Crippen LogP contribution in [-0.4, -0.2) is 58.8 Å². The van der Waals surface area contributed by atoms with Gasteiger partial charge in [0.25, 0.3) is 5.91 Å². The van der Waals surface area contributed by atoms with Gasteiger partial charge >= 0.3 is 12.0 Å². The lowest BCUT2D eigenvalue weighted by Crippen LogP contribution is -2.47. The van der Waals surface area contributed by atoms with E-state index in [-0.39, 0.29) is 37.2 Å². The molecule has 0 spiro atoms. The zero-order valence-corrected chi connectivity index (χ0v) is 16.9. The summed E-state index contributed by atoms with van der Waals surface area (Å²) < 4.78 is 0. The van der Waals surface area contributed by atoms with Gasteiger partial charge in [-0.15, -0.1) is 24.8 Å². The van der Waals surface area contributed by atoms with Crippen LogP contribution >= 0.6 is 24.8 Å². The summed E-state index contributed by atoms with van der Waals surface area (Å²) in [6.07, 6.45) is 0. The Kier molecular flexibility index (Phi) is 9.05. The van der Waals surface area contributed by atoms with Gasteiger partial charge in [0.05, 0.1) is 0 Å². The summed E-state index contributed by atoms with van der Waals surface area (Å²) in [5.74, 6) is -2.77. The highest BCUT2D eigenvalue weighted by Crippen LogP contribution is 2.28. The monoisotopic (exact) mass is 448 g/mol. The van der Waals surface area contributed by atoms with Gasteiger partial charge in [0.1, 0.15) is 24.0 Å². The Morgan fingerprint density at radius 2 is 1.83 bits per heavy atom. The first-order valence-electron chi connectivity index (χ1n) is 7.90. The summed E-state index contributed by atoms with van der Waals surface area (Å²) in [7, 11) is 0. The third kappa shape index (κ3) is 5.56. The summed E-state index contributed by atoms with van der Waals surface area (Å²) >= 11 is 0. The lowest BCUT2D eigenvalue weighted by atomic mass is 9.91. The number of nitrogens with two attached hydrogens (primary N) is 2. The molecule has 1 heterocycles. The molecule has 11 nitrogen and oxygen atoms in total. The van der Waals surface area contributed by atoms with E-state index in [1.165, 1.54) is 6.92 Å². The average molecular weight is 449 g/mol. The van der Waals surface area contributed by atoms with Gasteiger partial charge in [-0.1, -0.05) is 24.3 Å². The molecule has 8 N–H and O–H groups in total. The standard InChI is InChI=1S/C16H20N6O5.2ClH/c1-16(9-4-2-8(3-5-9)12(18)19)14(26)22(15(27)21-16)7-11(23)20-6-10(17)13(24)25;;/h2-5,10H,6-7,17H2,1H3,(H3,18,19)(H,20,23)(H,21,27)(H,24,25);2*1H/t10?,16-;;/m0../s1. The van der Waals surface area contributed by atoms with E-state index in [0.717, 1.165) is 4.90 Å². The number of hydrogen-bond donors (Lipinski definition) is 6. The zero-order chi connectivity index (χ0) is 20.4. The van der Waals surface area contributed by atoms with Crippen LogP contribution in [0.5, 0.6) is 0 Å². The number of carbonyl (C=O) groups is 4. The van der Waals surface area contributed by atoms with Crippen molar-refractivity contribution in [1.82, 2.24) is 15.5 Å². The lowest BCUT2D eigenvalue weighted by Gasteiger charge is -2.22. The van der Waals surface area contributed by atoms with Crippen molar-refractivity contribution in [3.63, 3.8) is 0 Å². The van der Waals surface area contributed by atoms with Crippen LogP contribution in [0.1, 0.15) is 18.1 Å². The van der Waals surface area contributed by atoms with Crippen LogP contribution in [0.4, 0.5) is 4.79 Å². The van der Waals surface area contributed by atoms with Crippen molar-refractivity contribution in [3.8, 4) is 0 Å². The van der Waals surface area contributed by atoms with Crippen LogP contribution in [-0.2, 0) is 19.9 Å². The van der Waals surface area contributed by atoms with Crippen molar-refractivity contribution >= 4 is 54.5 Å². The molecule has 29 heavy (non-hydrogen) atoms. The van der Waals surface area contributed by atoms with E-state index < -0.39 is 41.9 Å². The van der Waals surface area contributed by atoms with Crippen molar-refractivity contribution in [2.24, 2.45) is 11.5 Å². The minimum absolute atomic E-state index is 0. The highest BCUT2D eigenvalue weighted by Gasteiger charge is 2.49. The first-order chi connectivity index (χ1) is 12.6. The van der Waals surface area contributed by atoms with E-state index in [0.29, 0.717) is 11.1 Å². The second-order valence-electron chi connectivity index (χ2n) is 6.19. The van der Waals surface area contributed by atoms with Crippen LogP contribution in [0.2, 0.25) is 0 Å². The minimum Gasteiger partial charge on any atom is -0.480 e. The second kappa shape index (κ2) is 10.0. The Morgan fingerprint density at radius 1 is 1.28 bits per heavy atom. The molecule has 1 aromatic carbocycles. The van der Waals surface area contributed by atoms with Crippen molar-refractivity contribution in [1.29, 1.82) is 5.41 Å². The number of rotatable bonds is 7. The molecule has 2 atom stereocenters. The molecule has 0 radical (unpaired) electrons. The van der Waals surface area contributed by atoms with E-state index in [1.807, 2.05) is 0 Å². The maximum absolute atomic E-state index is 12.7. The van der Waals surface area contributed by atoms with Gasteiger partial charge in [0, 0.05) is 12.1 Å². The third-order valence-electron chi connectivity index (χ3n) is 4.19. The number of imide groups is 1. The van der Waals surface area contributed by atoms with Crippen molar-refractivity contribution in [2.45, 2.75) is 18.5 Å². The summed E-state index contributed by atoms with van der Waals surface area (Å²) in [5.41, 5.74) is 10.2. The molecule has 1 aromatic rings. The number of carboxylic acids is 1. The quantitative estimate of drug-likeness (QED) is 0.177. The van der Waals surface area contributed by atoms with Gasteiger partial charge in [-0.3, -0.25) is 24.7 Å². The Morgan fingerprint density at radius 3 is 2.31 bits per heavy atom. The van der Waals surface area contributed by atoms with Gasteiger partial charge in [-0.05, 0) is 12.5 Å². The smallest absolute Gasteiger partial charge is 0.325 e. The average Bonchev–Trinajstić information content (AvgIpc) is 2.83. The number of benzene rings is 1. The number of hydrogen-bond acceptors (Lipinski definition) is 6. The zero-order valence-electron chi connectivity index (χ0n) is 15.3. The Balaban J connectivity index is 0.00000392. The number of halogens is 2. The Labute approximate surface area is 178 Å². The summed E-state index contributed by atoms with van der Waals surface area (Å²) in [6, 6.07) is 4.17.